The number of halogens is 2. The number of Topliss-reactive ketones (excluding diaryl/α,β-unsaturated/α-hetero) is 1. The number of amides is 4. The van der Waals surface area contributed by atoms with Gasteiger partial charge < -0.3 is 43.0 Å². The Morgan fingerprint density at radius 2 is 0.844 bits per heavy atom. The van der Waals surface area contributed by atoms with Crippen LogP contribution >= 0.6 is 23.2 Å². The lowest BCUT2D eigenvalue weighted by molar-refractivity contribution is 0.0931. The van der Waals surface area contributed by atoms with Gasteiger partial charge in [-0.15, -0.1) is 0 Å². The largest absolute Gasteiger partial charge is 0.384 e. The summed E-state index contributed by atoms with van der Waals surface area (Å²) in [6.07, 6.45) is 15.4. The number of hydrogen-bond acceptors (Lipinski definition) is 22. The van der Waals surface area contributed by atoms with Crippen molar-refractivity contribution in [3.8, 4) is 0 Å². The second-order valence-corrected chi connectivity index (χ2v) is 21.5. The molecule has 4 amide bonds. The number of nitrogens with zero attached hydrogens (tertiary/aromatic N) is 13. The number of carbonyl (C=O) groups is 5. The molecule has 3 atom stereocenters. The number of pyridine rings is 8. The van der Waals surface area contributed by atoms with E-state index in [2.05, 4.69) is 81.4 Å². The number of fused-ring (bicyclic) bond motifs is 3. The molecule has 0 saturated heterocycles. The summed E-state index contributed by atoms with van der Waals surface area (Å²) >= 11 is 11.3. The van der Waals surface area contributed by atoms with Crippen molar-refractivity contribution in [3.05, 3.63) is 299 Å². The molecule has 11 aromatic heterocycles. The van der Waals surface area contributed by atoms with Crippen LogP contribution in [0, 0.1) is 0 Å². The van der Waals surface area contributed by atoms with Crippen molar-refractivity contribution in [2.75, 3.05) is 16.4 Å². The molecule has 32 heteroatoms. The highest BCUT2D eigenvalue weighted by molar-refractivity contribution is 6.30. The average molecular weight is 1330 g/mol. The number of hydrogen-bond donors (Lipinski definition) is 8. The predicted molar refractivity (Wildman–Crippen MR) is 352 cm³/mol. The van der Waals surface area contributed by atoms with Crippen LogP contribution in [0.25, 0.3) is 0 Å². The highest BCUT2D eigenvalue weighted by Crippen LogP contribution is 2.31. The molecular formula is C64H55Cl2N21O9. The first-order valence-electron chi connectivity index (χ1n) is 28.4. The zero-order chi connectivity index (χ0) is 68.7. The zero-order valence-electron chi connectivity index (χ0n) is 51.0. The van der Waals surface area contributed by atoms with Crippen molar-refractivity contribution in [1.82, 2.24) is 84.5 Å². The normalized spacial score (nSPS) is 16.4. The molecule has 3 aliphatic rings. The molecule has 10 N–H and O–H groups in total. The van der Waals surface area contributed by atoms with Gasteiger partial charge >= 0.3 is 0 Å². The number of nitrogens with one attached hydrogen (secondary N) is 6. The number of carbonyl (C=O) groups excluding carboxylic acids is 5. The van der Waals surface area contributed by atoms with Crippen molar-refractivity contribution >= 4 is 81.4 Å². The van der Waals surface area contributed by atoms with Crippen LogP contribution in [0.2, 0.25) is 10.0 Å². The maximum absolute atomic E-state index is 13.0. The van der Waals surface area contributed by atoms with E-state index in [4.69, 9.17) is 34.7 Å². The Labute approximate surface area is 553 Å². The summed E-state index contributed by atoms with van der Waals surface area (Å²) in [4.78, 5) is 149. The summed E-state index contributed by atoms with van der Waals surface area (Å²) < 4.78 is 4.18. The smallest absolute Gasteiger partial charge is 0.277 e. The van der Waals surface area contributed by atoms with Crippen LogP contribution in [0.4, 0.5) is 28.8 Å². The molecule has 0 bridgehead atoms. The topological polar surface area (TPSA) is 425 Å². The van der Waals surface area contributed by atoms with Crippen LogP contribution in [0.15, 0.2) is 221 Å². The number of anilines is 5. The third-order valence-corrected chi connectivity index (χ3v) is 14.8. The molecule has 0 saturated carbocycles. The molecule has 3 aliphatic heterocycles. The van der Waals surface area contributed by atoms with Crippen molar-refractivity contribution in [1.29, 1.82) is 0 Å². The fraction of sp³-hybridized carbons (Fsp3) is 0.109. The summed E-state index contributed by atoms with van der Waals surface area (Å²) in [7, 11) is 0. The predicted octanol–water partition coefficient (Wildman–Crippen LogP) is 5.31. The molecule has 30 nitrogen and oxygen atoms in total. The molecule has 0 fully saturated rings. The van der Waals surface area contributed by atoms with E-state index in [9.17, 15) is 43.2 Å². The van der Waals surface area contributed by atoms with Gasteiger partial charge in [0.2, 0.25) is 0 Å². The Balaban J connectivity index is 0.000000143. The monoisotopic (exact) mass is 1330 g/mol. The lowest BCUT2D eigenvalue weighted by Crippen LogP contribution is -2.46. The van der Waals surface area contributed by atoms with Crippen LogP contribution < -0.4 is 60.3 Å². The van der Waals surface area contributed by atoms with E-state index in [1.54, 1.807) is 167 Å². The van der Waals surface area contributed by atoms with Crippen molar-refractivity contribution in [3.63, 3.8) is 0 Å². The fourth-order valence-corrected chi connectivity index (χ4v) is 9.89. The number of nitrogens with two attached hydrogens (primary N) is 2. The molecular weight excluding hydrogens is 1280 g/mol. The van der Waals surface area contributed by atoms with Gasteiger partial charge in [-0.1, -0.05) is 47.5 Å². The van der Waals surface area contributed by atoms with E-state index in [1.807, 2.05) is 12.1 Å². The van der Waals surface area contributed by atoms with Crippen molar-refractivity contribution < 1.29 is 24.0 Å². The minimum absolute atomic E-state index is 0.00981. The van der Waals surface area contributed by atoms with Gasteiger partial charge in [0, 0.05) is 50.3 Å². The maximum Gasteiger partial charge on any atom is 0.277 e. The first-order chi connectivity index (χ1) is 46.0. The third kappa shape index (κ3) is 15.1. The van der Waals surface area contributed by atoms with E-state index in [1.165, 1.54) is 63.9 Å². The third-order valence-electron chi connectivity index (χ3n) is 14.2. The van der Waals surface area contributed by atoms with E-state index in [0.717, 1.165) is 0 Å². The minimum atomic E-state index is -1.06. The SMILES string of the molecule is CC(=O)c1ccccn1.CC1(c2ccccn2)NC(=O)c2ccc(Cl)c(=O)n21.CC1(c2ccccn2)NC(=O)c2ccc(Nc3ccncn3)c(=O)n21.CC1(c2ccccn2)NC(=O)c2ccc(Nc3ccncn3)c(=O)n21.NC(=O)c1ccc(Cl)c(=O)[nH]1.Nc1ccncn1. The molecule has 3 unspecified atom stereocenters. The standard InChI is InChI=1S/2C17H14N6O2.C13H10ClN3O2.C7H7NO.C6H5ClN2O2.C4H5N3/c2*1-17(13-4-2-3-8-19-13)22-15(24)12-6-5-11(16(25)23(12)17)21-14-7-9-18-10-20-14;1-13(10-4-2-3-7-15-10)16-11(18)9-6-5-8(14)12(19)17(9)13;1-6(9)7-4-2-3-5-8-7;7-3-1-2-4(5(8)10)9-6(3)11;5-4-1-2-6-3-7-4/h2*2-10H,1H3,(H,22,24)(H,18,20,21);2-7H,1H3,(H,16,18);2-5H,1H3;1-2H,(H2,8,10)(H,9,11);1-3H,(H2,5,6,7). The summed E-state index contributed by atoms with van der Waals surface area (Å²) in [6.45, 7) is 6.73. The number of aromatic nitrogens is 14. The van der Waals surface area contributed by atoms with Gasteiger partial charge in [-0.25, -0.2) is 29.9 Å². The number of primary amides is 1. The van der Waals surface area contributed by atoms with Gasteiger partial charge in [0.15, 0.2) is 22.8 Å². The Morgan fingerprint density at radius 3 is 1.17 bits per heavy atom. The number of H-pyrrole nitrogens is 1. The summed E-state index contributed by atoms with van der Waals surface area (Å²) in [5.41, 5.74) is 9.10. The van der Waals surface area contributed by atoms with E-state index >= 15 is 0 Å². The first-order valence-corrected chi connectivity index (χ1v) is 29.1. The highest BCUT2D eigenvalue weighted by atomic mass is 35.5. The van der Waals surface area contributed by atoms with Crippen LogP contribution in [0.5, 0.6) is 0 Å². The van der Waals surface area contributed by atoms with Gasteiger partial charge in [0.05, 0.1) is 17.1 Å². The molecule has 14 rings (SSSR count). The molecule has 0 spiro atoms. The second kappa shape index (κ2) is 29.6. The highest BCUT2D eigenvalue weighted by Gasteiger charge is 2.45. The fourth-order valence-electron chi connectivity index (χ4n) is 9.63. The van der Waals surface area contributed by atoms with E-state index < -0.39 is 34.0 Å². The molecule has 14 heterocycles. The Bertz CT molecular complexity index is 4730. The van der Waals surface area contributed by atoms with Gasteiger partial charge in [-0.05, 0) is 136 Å². The van der Waals surface area contributed by atoms with Gasteiger partial charge in [-0.3, -0.25) is 76.8 Å². The van der Waals surface area contributed by atoms with Gasteiger partial charge in [-0.2, -0.15) is 0 Å². The quantitative estimate of drug-likeness (QED) is 0.0848. The number of rotatable bonds is 9. The van der Waals surface area contributed by atoms with Crippen molar-refractivity contribution in [2.45, 2.75) is 44.7 Å². The molecule has 0 aromatic carbocycles. The molecule has 0 radical (unpaired) electrons. The number of aromatic amines is 1. The van der Waals surface area contributed by atoms with Crippen molar-refractivity contribution in [2.24, 2.45) is 5.73 Å². The Morgan fingerprint density at radius 1 is 0.448 bits per heavy atom. The summed E-state index contributed by atoms with van der Waals surface area (Å²) in [6, 6.07) is 38.2. The number of ketones is 1. The van der Waals surface area contributed by atoms with Gasteiger partial charge in [0.1, 0.15) is 86.3 Å². The average Bonchev–Trinajstić information content (AvgIpc) is 1.59. The van der Waals surface area contributed by atoms with E-state index in [0.29, 0.717) is 51.6 Å². The second-order valence-electron chi connectivity index (χ2n) is 20.7. The van der Waals surface area contributed by atoms with Crippen LogP contribution in [-0.4, -0.2) is 97.9 Å². The summed E-state index contributed by atoms with van der Waals surface area (Å²) in [5.74, 6) is -0.141. The molecule has 0 aliphatic carbocycles. The van der Waals surface area contributed by atoms with Crippen LogP contribution in [0.3, 0.4) is 0 Å². The van der Waals surface area contributed by atoms with Crippen LogP contribution in [-0.2, 0) is 17.0 Å². The number of nitrogen functional groups attached to an aromatic ring is 1. The first kappa shape index (κ1) is 67.6. The minimum Gasteiger partial charge on any atom is -0.384 e. The van der Waals surface area contributed by atoms with Gasteiger partial charge in [0.25, 0.3) is 45.9 Å². The molecule has 96 heavy (non-hydrogen) atoms. The maximum atomic E-state index is 13.0. The molecule has 484 valence electrons. The lowest BCUT2D eigenvalue weighted by atomic mass is 10.1. The Hall–Kier alpha value is -12.8. The zero-order valence-corrected chi connectivity index (χ0v) is 52.5. The van der Waals surface area contributed by atoms with E-state index in [-0.39, 0.29) is 67.4 Å². The molecule has 11 aromatic rings. The van der Waals surface area contributed by atoms with Crippen LogP contribution in [0.1, 0.15) is 97.2 Å². The Kier molecular flexibility index (Phi) is 20.9. The lowest BCUT2D eigenvalue weighted by Gasteiger charge is -2.26. The summed E-state index contributed by atoms with van der Waals surface area (Å²) in [5, 5.41) is 14.5.